The third-order valence-corrected chi connectivity index (χ3v) is 8.29. The fourth-order valence-corrected chi connectivity index (χ4v) is 5.45. The van der Waals surface area contributed by atoms with Crippen LogP contribution in [0.2, 0.25) is 10.0 Å². The molecule has 2 amide bonds. The molecule has 0 unspecified atom stereocenters. The summed E-state index contributed by atoms with van der Waals surface area (Å²) in [5, 5.41) is 13.0. The van der Waals surface area contributed by atoms with Gasteiger partial charge in [-0.05, 0) is 12.1 Å². The third kappa shape index (κ3) is 11.2. The molecule has 0 atom stereocenters. The molecule has 14 heteroatoms. The first-order chi connectivity index (χ1) is 24.2. The first kappa shape index (κ1) is 38.2. The normalized spacial score (nSPS) is 10.8. The van der Waals surface area contributed by atoms with Crippen molar-refractivity contribution in [3.05, 3.63) is 93.0 Å². The minimum absolute atomic E-state index is 0.0692. The van der Waals surface area contributed by atoms with Gasteiger partial charge in [-0.3, -0.25) is 9.59 Å². The number of carbonyl (C=O) groups is 2. The topological polar surface area (TPSA) is 145 Å². The number of aromatic nitrogens is 2. The molecule has 0 aliphatic carbocycles. The maximum absolute atomic E-state index is 11.0. The van der Waals surface area contributed by atoms with Crippen molar-refractivity contribution in [2.24, 2.45) is 0 Å². The first-order valence-electron chi connectivity index (χ1n) is 16.0. The summed E-state index contributed by atoms with van der Waals surface area (Å²) < 4.78 is 23.0. The Kier molecular flexibility index (Phi) is 14.9. The molecule has 4 rings (SSSR count). The summed E-state index contributed by atoms with van der Waals surface area (Å²) in [5.74, 6) is 1.52. The van der Waals surface area contributed by atoms with Gasteiger partial charge in [-0.25, -0.2) is 0 Å². The van der Waals surface area contributed by atoms with Gasteiger partial charge >= 0.3 is 0 Å². The average Bonchev–Trinajstić information content (AvgIpc) is 3.11. The van der Waals surface area contributed by atoms with Crippen LogP contribution in [0.1, 0.15) is 36.1 Å². The van der Waals surface area contributed by atoms with Crippen LogP contribution in [-0.2, 0) is 35.9 Å². The van der Waals surface area contributed by atoms with Crippen molar-refractivity contribution in [3.8, 4) is 34.6 Å². The van der Waals surface area contributed by atoms with Crippen molar-refractivity contribution in [1.29, 1.82) is 0 Å². The van der Waals surface area contributed by atoms with Crippen LogP contribution in [0, 0.1) is 0 Å². The summed E-state index contributed by atoms with van der Waals surface area (Å²) in [4.78, 5) is 31.1. The van der Waals surface area contributed by atoms with Gasteiger partial charge in [-0.2, -0.15) is 9.97 Å². The molecule has 4 N–H and O–H groups in total. The van der Waals surface area contributed by atoms with Gasteiger partial charge in [0.2, 0.25) is 35.3 Å². The van der Waals surface area contributed by atoms with Gasteiger partial charge in [0.1, 0.15) is 13.2 Å². The molecule has 2 aromatic heterocycles. The Morgan fingerprint density at radius 2 is 1.02 bits per heavy atom. The first-order valence-corrected chi connectivity index (χ1v) is 16.7. The molecule has 0 aliphatic rings. The Balaban J connectivity index is 1.38. The van der Waals surface area contributed by atoms with E-state index < -0.39 is 0 Å². The molecular weight excluding hydrogens is 683 g/mol. The Labute approximate surface area is 302 Å². The van der Waals surface area contributed by atoms with Crippen LogP contribution in [0.15, 0.2) is 60.7 Å². The van der Waals surface area contributed by atoms with Crippen molar-refractivity contribution in [2.75, 3.05) is 40.4 Å². The molecule has 0 radical (unpaired) electrons. The third-order valence-electron chi connectivity index (χ3n) is 7.39. The van der Waals surface area contributed by atoms with Gasteiger partial charge in [0.15, 0.2) is 0 Å². The second-order valence-electron chi connectivity index (χ2n) is 11.1. The molecule has 12 nitrogen and oxygen atoms in total. The lowest BCUT2D eigenvalue weighted by Crippen LogP contribution is -2.30. The van der Waals surface area contributed by atoms with Crippen LogP contribution in [0.25, 0.3) is 11.1 Å². The molecule has 2 heterocycles. The van der Waals surface area contributed by atoms with Crippen LogP contribution in [0.5, 0.6) is 23.5 Å². The molecule has 0 fully saturated rings. The van der Waals surface area contributed by atoms with Crippen molar-refractivity contribution in [2.45, 2.75) is 40.2 Å². The van der Waals surface area contributed by atoms with E-state index in [1.54, 1.807) is 26.4 Å². The van der Waals surface area contributed by atoms with Crippen LogP contribution < -0.4 is 40.2 Å². The van der Waals surface area contributed by atoms with E-state index in [4.69, 9.17) is 42.1 Å². The van der Waals surface area contributed by atoms with E-state index in [0.29, 0.717) is 72.8 Å². The average molecular weight is 726 g/mol. The number of amides is 2. The quantitative estimate of drug-likeness (QED) is 0.0967. The van der Waals surface area contributed by atoms with Crippen molar-refractivity contribution >= 4 is 35.0 Å². The maximum Gasteiger partial charge on any atom is 0.220 e. The Bertz CT molecular complexity index is 1630. The standard InChI is InChI=1S/C36H42Cl2N6O6/c1-23(45)41-17-15-39-19-25-11-13-31(43-35(25)47-3)49-21-27-7-5-9-29(33(27)37)30-10-6-8-28(34(30)38)22-50-32-14-12-26(36(44-32)48-4)20-40-16-18-42-24(2)46/h5-14,39-40H,15-22H2,1-4H3,(H,41,45)(H,42,46). The zero-order valence-corrected chi connectivity index (χ0v) is 30.0. The lowest BCUT2D eigenvalue weighted by Gasteiger charge is -2.15. The van der Waals surface area contributed by atoms with E-state index in [1.165, 1.54) is 13.8 Å². The van der Waals surface area contributed by atoms with Crippen LogP contribution in [0.4, 0.5) is 0 Å². The number of benzene rings is 2. The van der Waals surface area contributed by atoms with Crippen LogP contribution in [0.3, 0.4) is 0 Å². The summed E-state index contributed by atoms with van der Waals surface area (Å²) in [6.45, 7) is 6.63. The molecule has 50 heavy (non-hydrogen) atoms. The number of hydrogen-bond donors (Lipinski definition) is 4. The van der Waals surface area contributed by atoms with Crippen LogP contribution >= 0.6 is 23.2 Å². The molecule has 0 bridgehead atoms. The highest BCUT2D eigenvalue weighted by Gasteiger charge is 2.16. The number of rotatable bonds is 19. The van der Waals surface area contributed by atoms with Gasteiger partial charge in [0.25, 0.3) is 0 Å². The number of pyridine rings is 2. The lowest BCUT2D eigenvalue weighted by molar-refractivity contribution is -0.119. The van der Waals surface area contributed by atoms with Gasteiger partial charge in [0.05, 0.1) is 24.3 Å². The maximum atomic E-state index is 11.0. The predicted octanol–water partition coefficient (Wildman–Crippen LogP) is 5.08. The molecule has 266 valence electrons. The molecule has 0 spiro atoms. The molecule has 2 aromatic carbocycles. The zero-order valence-electron chi connectivity index (χ0n) is 28.5. The highest BCUT2D eigenvalue weighted by atomic mass is 35.5. The van der Waals surface area contributed by atoms with Gasteiger partial charge in [0, 0.05) is 98.6 Å². The van der Waals surface area contributed by atoms with Gasteiger partial charge < -0.3 is 40.2 Å². The summed E-state index contributed by atoms with van der Waals surface area (Å²) in [6.07, 6.45) is 0. The SMILES string of the molecule is COc1nc(OCc2cccc(-c3cccc(COc4ccc(CNCCNC(C)=O)c(OC)n4)c3Cl)c2Cl)ccc1CNCCNC(C)=O. The van der Waals surface area contributed by atoms with E-state index >= 15 is 0 Å². The minimum atomic E-state index is -0.0692. The van der Waals surface area contributed by atoms with Gasteiger partial charge in [-0.1, -0.05) is 59.6 Å². The van der Waals surface area contributed by atoms with E-state index in [2.05, 4.69) is 31.2 Å². The lowest BCUT2D eigenvalue weighted by atomic mass is 10.0. The Morgan fingerprint density at radius 3 is 1.40 bits per heavy atom. The Hall–Kier alpha value is -4.62. The summed E-state index contributed by atoms with van der Waals surface area (Å²) in [6, 6.07) is 18.7. The number of nitrogens with zero attached hydrogens (tertiary/aromatic N) is 2. The smallest absolute Gasteiger partial charge is 0.220 e. The van der Waals surface area contributed by atoms with E-state index in [0.717, 1.165) is 33.4 Å². The van der Waals surface area contributed by atoms with Crippen molar-refractivity contribution in [3.63, 3.8) is 0 Å². The minimum Gasteiger partial charge on any atom is -0.481 e. The molecule has 4 aromatic rings. The Morgan fingerprint density at radius 1 is 0.600 bits per heavy atom. The van der Waals surface area contributed by atoms with Gasteiger partial charge in [-0.15, -0.1) is 0 Å². The van der Waals surface area contributed by atoms with E-state index in [1.807, 2.05) is 48.5 Å². The number of carbonyl (C=O) groups excluding carboxylic acids is 2. The molecule has 0 saturated carbocycles. The highest BCUT2D eigenvalue weighted by Crippen LogP contribution is 2.37. The molecule has 0 saturated heterocycles. The zero-order chi connectivity index (χ0) is 35.9. The van der Waals surface area contributed by atoms with E-state index in [-0.39, 0.29) is 25.0 Å². The van der Waals surface area contributed by atoms with Crippen molar-refractivity contribution < 1.29 is 28.5 Å². The number of halogens is 2. The second kappa shape index (κ2) is 19.5. The van der Waals surface area contributed by atoms with Crippen molar-refractivity contribution in [1.82, 2.24) is 31.2 Å². The monoisotopic (exact) mass is 724 g/mol. The number of methoxy groups -OCH3 is 2. The van der Waals surface area contributed by atoms with E-state index in [9.17, 15) is 9.59 Å². The summed E-state index contributed by atoms with van der Waals surface area (Å²) >= 11 is 13.8. The second-order valence-corrected chi connectivity index (χ2v) is 11.8. The number of ether oxygens (including phenoxy) is 4. The fourth-order valence-electron chi connectivity index (χ4n) is 4.89. The number of hydrogen-bond acceptors (Lipinski definition) is 10. The largest absolute Gasteiger partial charge is 0.481 e. The fraction of sp³-hybridized carbons (Fsp3) is 0.333. The summed E-state index contributed by atoms with van der Waals surface area (Å²) in [7, 11) is 3.11. The molecule has 0 aliphatic heterocycles. The highest BCUT2D eigenvalue weighted by molar-refractivity contribution is 6.37. The van der Waals surface area contributed by atoms with Crippen LogP contribution in [-0.4, -0.2) is 62.2 Å². The predicted molar refractivity (Wildman–Crippen MR) is 193 cm³/mol. The summed E-state index contributed by atoms with van der Waals surface area (Å²) in [5.41, 5.74) is 4.73. The number of nitrogens with one attached hydrogen (secondary N) is 4. The molecular formula is C36H42Cl2N6O6.